The summed E-state index contributed by atoms with van der Waals surface area (Å²) < 4.78 is 31.9. The van der Waals surface area contributed by atoms with Crippen LogP contribution in [-0.2, 0) is 19.6 Å². The number of sulfonamides is 1. The molecule has 1 aliphatic rings. The fourth-order valence-electron chi connectivity index (χ4n) is 2.89. The summed E-state index contributed by atoms with van der Waals surface area (Å²) >= 11 is 0. The zero-order valence-electron chi connectivity index (χ0n) is 15.6. The molecule has 9 heteroatoms. The number of carboxylic acids is 1. The molecule has 2 rings (SSSR count). The summed E-state index contributed by atoms with van der Waals surface area (Å²) in [6.45, 7) is 5.04. The molecular formula is C18H26N2O6S. The highest BCUT2D eigenvalue weighted by Crippen LogP contribution is 2.18. The predicted molar refractivity (Wildman–Crippen MR) is 98.9 cm³/mol. The van der Waals surface area contributed by atoms with Crippen LogP contribution in [0.4, 0.5) is 0 Å². The van der Waals surface area contributed by atoms with Crippen LogP contribution in [0.15, 0.2) is 29.2 Å². The van der Waals surface area contributed by atoms with Crippen LogP contribution in [-0.4, -0.2) is 62.6 Å². The number of carbonyl (C=O) groups is 2. The van der Waals surface area contributed by atoms with Crippen molar-refractivity contribution in [1.82, 2.24) is 9.62 Å². The van der Waals surface area contributed by atoms with Crippen molar-refractivity contribution in [2.24, 2.45) is 11.8 Å². The van der Waals surface area contributed by atoms with Crippen LogP contribution < -0.4 is 5.32 Å². The Morgan fingerprint density at radius 1 is 1.26 bits per heavy atom. The van der Waals surface area contributed by atoms with Crippen LogP contribution in [0.1, 0.15) is 30.6 Å². The van der Waals surface area contributed by atoms with Crippen molar-refractivity contribution in [3.8, 4) is 0 Å². The lowest BCUT2D eigenvalue weighted by Gasteiger charge is -2.26. The summed E-state index contributed by atoms with van der Waals surface area (Å²) in [5.74, 6) is -1.96. The Labute approximate surface area is 159 Å². The second-order valence-corrected chi connectivity index (χ2v) is 8.86. The number of hydrogen-bond acceptors (Lipinski definition) is 5. The predicted octanol–water partition coefficient (Wildman–Crippen LogP) is 1.18. The van der Waals surface area contributed by atoms with Crippen LogP contribution in [0, 0.1) is 11.8 Å². The van der Waals surface area contributed by atoms with Gasteiger partial charge in [-0.25, -0.2) is 8.42 Å². The molecule has 1 aromatic carbocycles. The number of benzene rings is 1. The summed E-state index contributed by atoms with van der Waals surface area (Å²) in [4.78, 5) is 23.7. The number of aliphatic carboxylic acids is 1. The smallest absolute Gasteiger partial charge is 0.308 e. The zero-order chi connectivity index (χ0) is 20.0. The molecule has 1 saturated heterocycles. The van der Waals surface area contributed by atoms with E-state index in [9.17, 15) is 23.1 Å². The molecule has 2 N–H and O–H groups in total. The number of hydrogen-bond donors (Lipinski definition) is 2. The molecule has 1 amide bonds. The van der Waals surface area contributed by atoms with Crippen LogP contribution >= 0.6 is 0 Å². The number of nitrogens with zero attached hydrogens (tertiary/aromatic N) is 1. The van der Waals surface area contributed by atoms with Crippen molar-refractivity contribution in [2.45, 2.75) is 25.2 Å². The van der Waals surface area contributed by atoms with Crippen molar-refractivity contribution in [1.29, 1.82) is 0 Å². The molecule has 0 saturated carbocycles. The lowest BCUT2D eigenvalue weighted by atomic mass is 9.97. The maximum Gasteiger partial charge on any atom is 0.308 e. The third-order valence-corrected chi connectivity index (χ3v) is 6.21. The Balaban J connectivity index is 2.09. The van der Waals surface area contributed by atoms with Crippen LogP contribution in [0.25, 0.3) is 0 Å². The van der Waals surface area contributed by atoms with Gasteiger partial charge in [-0.3, -0.25) is 9.59 Å². The molecule has 8 nitrogen and oxygen atoms in total. The third-order valence-electron chi connectivity index (χ3n) is 4.32. The van der Waals surface area contributed by atoms with Crippen LogP contribution in [0.2, 0.25) is 0 Å². The average Bonchev–Trinajstić information content (AvgIpc) is 2.65. The first-order valence-corrected chi connectivity index (χ1v) is 10.3. The quantitative estimate of drug-likeness (QED) is 0.680. The SMILES string of the molecule is CC(C)CC(CNC(=O)c1cccc(S(=O)(=O)N2CCOCC2)c1)C(=O)O. The molecule has 150 valence electrons. The van der Waals surface area contributed by atoms with Gasteiger partial charge in [0, 0.05) is 25.2 Å². The number of rotatable bonds is 8. The van der Waals surface area contributed by atoms with Gasteiger partial charge < -0.3 is 15.2 Å². The fraction of sp³-hybridized carbons (Fsp3) is 0.556. The van der Waals surface area contributed by atoms with E-state index < -0.39 is 27.8 Å². The Morgan fingerprint density at radius 2 is 1.93 bits per heavy atom. The summed E-state index contributed by atoms with van der Waals surface area (Å²) in [6, 6.07) is 5.77. The molecule has 0 spiro atoms. The van der Waals surface area contributed by atoms with Crippen molar-refractivity contribution in [3.63, 3.8) is 0 Å². The number of nitrogens with one attached hydrogen (secondary N) is 1. The normalized spacial score (nSPS) is 16.9. The molecule has 27 heavy (non-hydrogen) atoms. The van der Waals surface area contributed by atoms with Crippen molar-refractivity contribution >= 4 is 21.9 Å². The molecule has 1 atom stereocenters. The van der Waals surface area contributed by atoms with E-state index >= 15 is 0 Å². The average molecular weight is 398 g/mol. The van der Waals surface area contributed by atoms with Gasteiger partial charge in [-0.05, 0) is 30.5 Å². The molecule has 1 aromatic rings. The maximum absolute atomic E-state index is 12.7. The monoisotopic (exact) mass is 398 g/mol. The minimum absolute atomic E-state index is 0.00715. The number of morpholine rings is 1. The second kappa shape index (κ2) is 9.29. The standard InChI is InChI=1S/C18H26N2O6S/c1-13(2)10-15(18(22)23)12-19-17(21)14-4-3-5-16(11-14)27(24,25)20-6-8-26-9-7-20/h3-5,11,13,15H,6-10,12H2,1-2H3,(H,19,21)(H,22,23). The molecule has 1 unspecified atom stereocenters. The highest BCUT2D eigenvalue weighted by atomic mass is 32.2. The molecule has 1 aliphatic heterocycles. The number of ether oxygens (including phenoxy) is 1. The van der Waals surface area contributed by atoms with Gasteiger partial charge in [-0.2, -0.15) is 4.31 Å². The Kier molecular flexibility index (Phi) is 7.34. The van der Waals surface area contributed by atoms with E-state index in [-0.39, 0.29) is 36.0 Å². The largest absolute Gasteiger partial charge is 0.481 e. The van der Waals surface area contributed by atoms with Crippen LogP contribution in [0.3, 0.4) is 0 Å². The van der Waals surface area contributed by atoms with Gasteiger partial charge in [0.1, 0.15) is 0 Å². The number of carbonyl (C=O) groups excluding carboxylic acids is 1. The lowest BCUT2D eigenvalue weighted by molar-refractivity contribution is -0.142. The lowest BCUT2D eigenvalue weighted by Crippen LogP contribution is -2.40. The fourth-order valence-corrected chi connectivity index (χ4v) is 4.35. The highest BCUT2D eigenvalue weighted by molar-refractivity contribution is 7.89. The Bertz CT molecular complexity index is 772. The van der Waals surface area contributed by atoms with Crippen molar-refractivity contribution in [2.75, 3.05) is 32.8 Å². The first-order chi connectivity index (χ1) is 12.7. The minimum Gasteiger partial charge on any atom is -0.481 e. The zero-order valence-corrected chi connectivity index (χ0v) is 16.4. The summed E-state index contributed by atoms with van der Waals surface area (Å²) in [5, 5.41) is 11.9. The summed E-state index contributed by atoms with van der Waals surface area (Å²) in [5.41, 5.74) is 0.179. The Morgan fingerprint density at radius 3 is 2.52 bits per heavy atom. The molecule has 0 radical (unpaired) electrons. The minimum atomic E-state index is -3.70. The van der Waals surface area contributed by atoms with Gasteiger partial charge in [0.15, 0.2) is 0 Å². The first-order valence-electron chi connectivity index (χ1n) is 8.90. The Hall–Kier alpha value is -1.97. The van der Waals surface area contributed by atoms with Gasteiger partial charge in [-0.1, -0.05) is 19.9 Å². The van der Waals surface area contributed by atoms with E-state index in [2.05, 4.69) is 5.32 Å². The van der Waals surface area contributed by atoms with Gasteiger partial charge in [0.05, 0.1) is 24.0 Å². The van der Waals surface area contributed by atoms with E-state index in [4.69, 9.17) is 4.74 Å². The van der Waals surface area contributed by atoms with Gasteiger partial charge in [0.2, 0.25) is 10.0 Å². The van der Waals surface area contributed by atoms with E-state index in [1.165, 1.54) is 28.6 Å². The van der Waals surface area contributed by atoms with Gasteiger partial charge >= 0.3 is 5.97 Å². The van der Waals surface area contributed by atoms with Crippen LogP contribution in [0.5, 0.6) is 0 Å². The van der Waals surface area contributed by atoms with E-state index in [1.54, 1.807) is 0 Å². The van der Waals surface area contributed by atoms with Gasteiger partial charge in [0.25, 0.3) is 5.91 Å². The topological polar surface area (TPSA) is 113 Å². The molecular weight excluding hydrogens is 372 g/mol. The van der Waals surface area contributed by atoms with E-state index in [0.717, 1.165) is 0 Å². The molecule has 1 fully saturated rings. The number of carboxylic acid groups (broad SMARTS) is 1. The highest BCUT2D eigenvalue weighted by Gasteiger charge is 2.27. The molecule has 0 bridgehead atoms. The maximum atomic E-state index is 12.7. The molecule has 1 heterocycles. The van der Waals surface area contributed by atoms with Crippen molar-refractivity contribution < 1.29 is 27.9 Å². The molecule has 0 aromatic heterocycles. The van der Waals surface area contributed by atoms with E-state index in [0.29, 0.717) is 19.6 Å². The summed E-state index contributed by atoms with van der Waals surface area (Å²) in [6.07, 6.45) is 0.445. The van der Waals surface area contributed by atoms with Gasteiger partial charge in [-0.15, -0.1) is 0 Å². The van der Waals surface area contributed by atoms with E-state index in [1.807, 2.05) is 13.8 Å². The number of amides is 1. The first kappa shape index (κ1) is 21.3. The third kappa shape index (κ3) is 5.75. The second-order valence-electron chi connectivity index (χ2n) is 6.92. The summed E-state index contributed by atoms with van der Waals surface area (Å²) in [7, 11) is -3.70. The van der Waals surface area contributed by atoms with Crippen molar-refractivity contribution in [3.05, 3.63) is 29.8 Å². The molecule has 0 aliphatic carbocycles.